The summed E-state index contributed by atoms with van der Waals surface area (Å²) in [6.45, 7) is 3.97. The summed E-state index contributed by atoms with van der Waals surface area (Å²) >= 11 is 0. The van der Waals surface area contributed by atoms with Crippen molar-refractivity contribution in [2.45, 2.75) is 25.4 Å². The average Bonchev–Trinajstić information content (AvgIpc) is 3.05. The summed E-state index contributed by atoms with van der Waals surface area (Å²) in [6.07, 6.45) is 5.22. The molecule has 0 spiro atoms. The second-order valence-electron chi connectivity index (χ2n) is 5.50. The molecule has 1 aliphatic rings. The van der Waals surface area contributed by atoms with E-state index in [2.05, 4.69) is 39.3 Å². The van der Waals surface area contributed by atoms with Crippen molar-refractivity contribution in [3.05, 3.63) is 12.7 Å². The minimum atomic E-state index is 0.114. The fraction of sp³-hybridized carbons (Fsp3) is 0.769. The predicted octanol–water partition coefficient (Wildman–Crippen LogP) is -0.580. The molecule has 0 unspecified atom stereocenters. The van der Waals surface area contributed by atoms with Crippen LogP contribution in [0.25, 0.3) is 0 Å². The van der Waals surface area contributed by atoms with Gasteiger partial charge in [-0.05, 0) is 26.9 Å². The van der Waals surface area contributed by atoms with Gasteiger partial charge in [-0.1, -0.05) is 0 Å². The third-order valence-corrected chi connectivity index (χ3v) is 3.70. The summed E-state index contributed by atoms with van der Waals surface area (Å²) in [5, 5.41) is 6.98. The van der Waals surface area contributed by atoms with E-state index in [1.54, 1.807) is 11.0 Å². The Labute approximate surface area is 119 Å². The summed E-state index contributed by atoms with van der Waals surface area (Å²) in [6, 6.07) is 0.579. The van der Waals surface area contributed by atoms with Gasteiger partial charge in [0, 0.05) is 32.2 Å². The zero-order chi connectivity index (χ0) is 14.4. The molecule has 1 N–H and O–H groups in total. The molecule has 1 aromatic rings. The number of carbonyl (C=O) groups excluding carboxylic acids is 1. The number of rotatable bonds is 7. The van der Waals surface area contributed by atoms with Crippen molar-refractivity contribution in [1.29, 1.82) is 0 Å². The van der Waals surface area contributed by atoms with Gasteiger partial charge in [0.2, 0.25) is 5.91 Å². The largest absolute Gasteiger partial charge is 0.355 e. The molecule has 1 aromatic heterocycles. The molecular weight excluding hydrogens is 256 g/mol. The molecule has 1 aliphatic heterocycles. The van der Waals surface area contributed by atoms with Gasteiger partial charge < -0.3 is 10.2 Å². The summed E-state index contributed by atoms with van der Waals surface area (Å²) in [4.78, 5) is 20.2. The maximum absolute atomic E-state index is 11.8. The normalized spacial score (nSPS) is 19.6. The van der Waals surface area contributed by atoms with Crippen molar-refractivity contribution in [2.75, 3.05) is 40.3 Å². The monoisotopic (exact) mass is 280 g/mol. The van der Waals surface area contributed by atoms with Crippen LogP contribution >= 0.6 is 0 Å². The van der Waals surface area contributed by atoms with Crippen molar-refractivity contribution in [2.24, 2.45) is 0 Å². The van der Waals surface area contributed by atoms with E-state index in [1.807, 2.05) is 0 Å². The first-order valence-electron chi connectivity index (χ1n) is 7.13. The van der Waals surface area contributed by atoms with E-state index in [1.165, 1.54) is 6.33 Å². The maximum Gasteiger partial charge on any atom is 0.234 e. The standard InChI is InChI=1S/C13H24N6O/c1-17(2)12-4-7-18(8-12)9-13(20)15-5-3-6-19-11-14-10-16-19/h10-12H,3-9H2,1-2H3,(H,15,20)/t12-/m1/s1. The number of aryl methyl sites for hydroxylation is 1. The number of nitrogens with one attached hydrogen (secondary N) is 1. The lowest BCUT2D eigenvalue weighted by Crippen LogP contribution is -2.38. The van der Waals surface area contributed by atoms with Crippen molar-refractivity contribution in [1.82, 2.24) is 29.9 Å². The maximum atomic E-state index is 11.8. The molecule has 0 aromatic carbocycles. The second-order valence-corrected chi connectivity index (χ2v) is 5.50. The van der Waals surface area contributed by atoms with Gasteiger partial charge in [0.05, 0.1) is 6.54 Å². The quantitative estimate of drug-likeness (QED) is 0.677. The van der Waals surface area contributed by atoms with Crippen LogP contribution in [-0.2, 0) is 11.3 Å². The highest BCUT2D eigenvalue weighted by Crippen LogP contribution is 2.12. The van der Waals surface area contributed by atoms with Crippen molar-refractivity contribution in [3.8, 4) is 0 Å². The summed E-state index contributed by atoms with van der Waals surface area (Å²) in [5.74, 6) is 0.114. The van der Waals surface area contributed by atoms with Crippen LogP contribution in [0, 0.1) is 0 Å². The lowest BCUT2D eigenvalue weighted by molar-refractivity contribution is -0.122. The molecule has 2 heterocycles. The van der Waals surface area contributed by atoms with Gasteiger partial charge in [0.15, 0.2) is 0 Å². The van der Waals surface area contributed by atoms with E-state index in [4.69, 9.17) is 0 Å². The van der Waals surface area contributed by atoms with Crippen LogP contribution in [0.2, 0.25) is 0 Å². The van der Waals surface area contributed by atoms with Gasteiger partial charge in [0.1, 0.15) is 12.7 Å². The molecular formula is C13H24N6O. The Morgan fingerprint density at radius 3 is 3.00 bits per heavy atom. The Bertz CT molecular complexity index is 405. The lowest BCUT2D eigenvalue weighted by Gasteiger charge is -2.20. The number of likely N-dealkylation sites (tertiary alicyclic amines) is 1. The Morgan fingerprint density at radius 2 is 2.35 bits per heavy atom. The summed E-state index contributed by atoms with van der Waals surface area (Å²) < 4.78 is 1.77. The first kappa shape index (κ1) is 14.9. The molecule has 1 saturated heterocycles. The second kappa shape index (κ2) is 7.35. The van der Waals surface area contributed by atoms with E-state index >= 15 is 0 Å². The molecule has 0 bridgehead atoms. The van der Waals surface area contributed by atoms with E-state index in [0.717, 1.165) is 32.5 Å². The molecule has 20 heavy (non-hydrogen) atoms. The van der Waals surface area contributed by atoms with Crippen LogP contribution in [0.15, 0.2) is 12.7 Å². The highest BCUT2D eigenvalue weighted by atomic mass is 16.2. The van der Waals surface area contributed by atoms with E-state index in [9.17, 15) is 4.79 Å². The molecule has 0 radical (unpaired) electrons. The SMILES string of the molecule is CN(C)[C@@H]1CCN(CC(=O)NCCCn2cncn2)C1. The minimum Gasteiger partial charge on any atom is -0.355 e. The smallest absolute Gasteiger partial charge is 0.234 e. The number of nitrogens with zero attached hydrogens (tertiary/aromatic N) is 5. The fourth-order valence-corrected chi connectivity index (χ4v) is 2.45. The Balaban J connectivity index is 1.57. The highest BCUT2D eigenvalue weighted by Gasteiger charge is 2.24. The van der Waals surface area contributed by atoms with Crippen LogP contribution in [-0.4, -0.2) is 76.8 Å². The van der Waals surface area contributed by atoms with Gasteiger partial charge in [-0.15, -0.1) is 0 Å². The van der Waals surface area contributed by atoms with Crippen LogP contribution in [0.3, 0.4) is 0 Å². The van der Waals surface area contributed by atoms with Gasteiger partial charge in [-0.25, -0.2) is 4.98 Å². The number of carbonyl (C=O) groups is 1. The van der Waals surface area contributed by atoms with Crippen molar-refractivity contribution in [3.63, 3.8) is 0 Å². The Hall–Kier alpha value is -1.47. The predicted molar refractivity (Wildman–Crippen MR) is 76.2 cm³/mol. The molecule has 2 rings (SSSR count). The fourth-order valence-electron chi connectivity index (χ4n) is 2.45. The van der Waals surface area contributed by atoms with Gasteiger partial charge in [0.25, 0.3) is 0 Å². The van der Waals surface area contributed by atoms with Crippen LogP contribution in [0.1, 0.15) is 12.8 Å². The Morgan fingerprint density at radius 1 is 1.50 bits per heavy atom. The van der Waals surface area contributed by atoms with Crippen molar-refractivity contribution < 1.29 is 4.79 Å². The summed E-state index contributed by atoms with van der Waals surface area (Å²) in [7, 11) is 4.19. The van der Waals surface area contributed by atoms with Gasteiger partial charge >= 0.3 is 0 Å². The number of aromatic nitrogens is 3. The van der Waals surface area contributed by atoms with Crippen LogP contribution in [0.4, 0.5) is 0 Å². The Kier molecular flexibility index (Phi) is 5.49. The third-order valence-electron chi connectivity index (χ3n) is 3.70. The topological polar surface area (TPSA) is 66.3 Å². The first-order chi connectivity index (χ1) is 9.65. The third kappa shape index (κ3) is 4.57. The molecule has 0 saturated carbocycles. The number of hydrogen-bond acceptors (Lipinski definition) is 5. The highest BCUT2D eigenvalue weighted by molar-refractivity contribution is 5.78. The van der Waals surface area contributed by atoms with E-state index in [-0.39, 0.29) is 5.91 Å². The van der Waals surface area contributed by atoms with Crippen LogP contribution in [0.5, 0.6) is 0 Å². The zero-order valence-corrected chi connectivity index (χ0v) is 12.3. The molecule has 1 amide bonds. The molecule has 1 fully saturated rings. The number of likely N-dealkylation sites (N-methyl/N-ethyl adjacent to an activating group) is 1. The minimum absolute atomic E-state index is 0.114. The van der Waals surface area contributed by atoms with E-state index < -0.39 is 0 Å². The van der Waals surface area contributed by atoms with Gasteiger partial charge in [-0.3, -0.25) is 14.4 Å². The number of hydrogen-bond donors (Lipinski definition) is 1. The molecule has 0 aliphatic carbocycles. The number of amides is 1. The molecule has 1 atom stereocenters. The van der Waals surface area contributed by atoms with E-state index in [0.29, 0.717) is 19.1 Å². The summed E-state index contributed by atoms with van der Waals surface area (Å²) in [5.41, 5.74) is 0. The molecule has 7 heteroatoms. The van der Waals surface area contributed by atoms with Crippen molar-refractivity contribution >= 4 is 5.91 Å². The first-order valence-corrected chi connectivity index (χ1v) is 7.13. The molecule has 7 nitrogen and oxygen atoms in total. The zero-order valence-electron chi connectivity index (χ0n) is 12.3. The lowest BCUT2D eigenvalue weighted by atomic mass is 10.2. The molecule has 112 valence electrons. The average molecular weight is 280 g/mol. The van der Waals surface area contributed by atoms with Gasteiger partial charge in [-0.2, -0.15) is 5.10 Å². The van der Waals surface area contributed by atoms with Crippen LogP contribution < -0.4 is 5.32 Å².